The maximum absolute atomic E-state index is 8.14. The number of fused-ring (bicyclic) bond motifs is 3. The Balaban J connectivity index is 0.000000280. The van der Waals surface area contributed by atoms with Gasteiger partial charge in [-0.25, -0.2) is 4.98 Å². The zero-order chi connectivity index (χ0) is 29.2. The van der Waals surface area contributed by atoms with E-state index in [9.17, 15) is 0 Å². The molecule has 0 saturated carbocycles. The third-order valence-corrected chi connectivity index (χ3v) is 5.91. The summed E-state index contributed by atoms with van der Waals surface area (Å²) in [6, 6.07) is 12.7. The van der Waals surface area contributed by atoms with Crippen LogP contribution in [0.15, 0.2) is 86.1 Å². The number of hydrogen-bond donors (Lipinski definition) is 0. The molecule has 0 bridgehead atoms. The summed E-state index contributed by atoms with van der Waals surface area (Å²) in [6.07, 6.45) is 6.18. The molecule has 1 radical (unpaired) electrons. The van der Waals surface area contributed by atoms with Crippen molar-refractivity contribution < 1.29 is 29.7 Å². The molecule has 3 nitrogen and oxygen atoms in total. The van der Waals surface area contributed by atoms with E-state index in [0.717, 1.165) is 28.5 Å². The average molecular weight is 647 g/mol. The van der Waals surface area contributed by atoms with Crippen LogP contribution in [0.25, 0.3) is 37.1 Å². The smallest absolute Gasteiger partial charge is 0.113 e. The Morgan fingerprint density at radius 2 is 2.09 bits per heavy atom. The van der Waals surface area contributed by atoms with E-state index < -0.39 is 12.9 Å². The Hall–Kier alpha value is -3.11. The second-order valence-corrected chi connectivity index (χ2v) is 8.17. The molecule has 1 aromatic carbocycles. The number of thiophene rings is 1. The molecular weight excluding hydrogens is 615 g/mol. The van der Waals surface area contributed by atoms with E-state index in [1.54, 1.807) is 12.1 Å². The average Bonchev–Trinajstić information content (AvgIpc) is 3.31. The number of aryl methyl sites for hydroxylation is 2. The van der Waals surface area contributed by atoms with Crippen LogP contribution in [0.2, 0.25) is 0 Å². The van der Waals surface area contributed by atoms with Gasteiger partial charge in [-0.1, -0.05) is 48.2 Å². The van der Waals surface area contributed by atoms with E-state index >= 15 is 0 Å². The summed E-state index contributed by atoms with van der Waals surface area (Å²) in [6.45, 7) is 7.29. The third-order valence-electron chi connectivity index (χ3n) is 4.77. The van der Waals surface area contributed by atoms with Gasteiger partial charge in [0.05, 0.1) is 5.48 Å². The van der Waals surface area contributed by atoms with Crippen molar-refractivity contribution in [2.75, 3.05) is 0 Å². The Bertz CT molecular complexity index is 1730. The minimum Gasteiger partial charge on any atom is -0.320 e. The first-order chi connectivity index (χ1) is 18.9. The van der Waals surface area contributed by atoms with Crippen LogP contribution in [0.5, 0.6) is 0 Å². The van der Waals surface area contributed by atoms with Crippen molar-refractivity contribution in [1.82, 2.24) is 15.0 Å². The minimum atomic E-state index is -2.31. The van der Waals surface area contributed by atoms with Gasteiger partial charge in [-0.3, -0.25) is 0 Å². The molecule has 0 spiro atoms. The number of rotatable bonds is 5. The van der Waals surface area contributed by atoms with E-state index in [0.29, 0.717) is 15.1 Å². The molecule has 5 heteroatoms. The van der Waals surface area contributed by atoms with Gasteiger partial charge in [0, 0.05) is 42.3 Å². The fourth-order valence-electron chi connectivity index (χ4n) is 3.13. The van der Waals surface area contributed by atoms with E-state index in [4.69, 9.17) is 9.60 Å². The van der Waals surface area contributed by atoms with Crippen LogP contribution in [0.4, 0.5) is 0 Å². The summed E-state index contributed by atoms with van der Waals surface area (Å²) in [5.74, 6) is 0. The molecule has 0 aliphatic heterocycles. The molecule has 4 aromatic heterocycles. The molecule has 0 atom stereocenters. The molecule has 0 saturated heterocycles. The molecule has 4 heterocycles. The van der Waals surface area contributed by atoms with E-state index in [1.807, 2.05) is 43.8 Å². The van der Waals surface area contributed by atoms with Gasteiger partial charge in [0.25, 0.3) is 0 Å². The quantitative estimate of drug-likeness (QED) is 0.145. The minimum absolute atomic E-state index is 0. The van der Waals surface area contributed by atoms with Crippen molar-refractivity contribution in [2.24, 2.45) is 0 Å². The van der Waals surface area contributed by atoms with Gasteiger partial charge in [0.15, 0.2) is 0 Å². The van der Waals surface area contributed by atoms with Gasteiger partial charge in [0.1, 0.15) is 4.83 Å². The van der Waals surface area contributed by atoms with Crippen LogP contribution in [-0.4, -0.2) is 15.0 Å². The molecule has 0 fully saturated rings. The number of hydrogen-bond acceptors (Lipinski definition) is 4. The molecule has 0 N–H and O–H groups in total. The van der Waals surface area contributed by atoms with Crippen molar-refractivity contribution in [3.8, 4) is 11.3 Å². The monoisotopic (exact) mass is 647 g/mol. The predicted octanol–water partition coefficient (Wildman–Crippen LogP) is 7.80. The van der Waals surface area contributed by atoms with Crippen LogP contribution < -0.4 is 0 Å². The standard InChI is InChI=1S/C17H11N2S.C12H14N.Ir/c1-11-8-9-13-12-5-4-6-14(15-7-2-3-10-18-15)16(12)20-17(13)19-11;1-4-5-6-11(3)12-8-7-10(2)9-13-12;/h2-5,7-10H,1H3;4,6-9H,1,3,5H2,2H3;/q2*-1;/i1D3,2D,3D,7D,10D;;. The largest absolute Gasteiger partial charge is 0.320 e. The molecule has 0 aliphatic carbocycles. The Morgan fingerprint density at radius 1 is 1.21 bits per heavy atom. The number of allylic oxidation sites excluding steroid dienone is 2. The van der Waals surface area contributed by atoms with Gasteiger partial charge in [-0.2, -0.15) is 29.9 Å². The summed E-state index contributed by atoms with van der Waals surface area (Å²) < 4.78 is 54.7. The van der Waals surface area contributed by atoms with Gasteiger partial charge >= 0.3 is 0 Å². The van der Waals surface area contributed by atoms with Crippen molar-refractivity contribution in [3.63, 3.8) is 0 Å². The molecular formula is C29H25IrN3S-2. The fourth-order valence-corrected chi connectivity index (χ4v) is 4.31. The van der Waals surface area contributed by atoms with Gasteiger partial charge in [-0.05, 0) is 52.9 Å². The molecule has 0 aliphatic rings. The second kappa shape index (κ2) is 11.8. The number of benzene rings is 1. The zero-order valence-electron chi connectivity index (χ0n) is 25.4. The van der Waals surface area contributed by atoms with Crippen molar-refractivity contribution in [3.05, 3.63) is 116 Å². The molecule has 173 valence electrons. The summed E-state index contributed by atoms with van der Waals surface area (Å²) in [5.41, 5.74) is 3.62. The summed E-state index contributed by atoms with van der Waals surface area (Å²) in [7, 11) is 0. The summed E-state index contributed by atoms with van der Waals surface area (Å²) >= 11 is 1.25. The maximum atomic E-state index is 8.14. The van der Waals surface area contributed by atoms with Gasteiger partial charge in [-0.15, -0.1) is 30.3 Å². The maximum Gasteiger partial charge on any atom is 0.113 e. The first-order valence-electron chi connectivity index (χ1n) is 13.7. The zero-order valence-corrected chi connectivity index (χ0v) is 21.6. The van der Waals surface area contributed by atoms with E-state index in [1.165, 1.54) is 23.0 Å². The SMILES string of the molecule is C=CC[CH-]C(=C)c1ccc(C)cn1.[2H]c1nc(-c2[c-]ccc3c2sc2nc(C([2H])([2H])[2H])ccc23)c([2H])c([2H])c1[2H].[Ir]. The van der Waals surface area contributed by atoms with Crippen LogP contribution in [-0.2, 0) is 20.1 Å². The number of pyridine rings is 3. The first-order valence-corrected chi connectivity index (χ1v) is 11.0. The second-order valence-electron chi connectivity index (χ2n) is 7.17. The predicted molar refractivity (Wildman–Crippen MR) is 141 cm³/mol. The Labute approximate surface area is 228 Å². The van der Waals surface area contributed by atoms with Crippen LogP contribution in [0.3, 0.4) is 0 Å². The first kappa shape index (κ1) is 17.3. The summed E-state index contributed by atoms with van der Waals surface area (Å²) in [4.78, 5) is 13.1. The Kier molecular flexibility index (Phi) is 6.04. The number of nitrogens with zero attached hydrogens (tertiary/aromatic N) is 3. The van der Waals surface area contributed by atoms with Crippen molar-refractivity contribution in [1.29, 1.82) is 0 Å². The van der Waals surface area contributed by atoms with Crippen molar-refractivity contribution >= 4 is 37.2 Å². The summed E-state index contributed by atoms with van der Waals surface area (Å²) in [5, 5.41) is 1.58. The van der Waals surface area contributed by atoms with Crippen molar-refractivity contribution in [2.45, 2.75) is 20.2 Å². The number of aromatic nitrogens is 3. The fraction of sp³-hybridized carbons (Fsp3) is 0.103. The molecule has 34 heavy (non-hydrogen) atoms. The van der Waals surface area contributed by atoms with Crippen LogP contribution in [0, 0.1) is 26.3 Å². The normalized spacial score (nSPS) is 13.5. The van der Waals surface area contributed by atoms with Crippen LogP contribution >= 0.6 is 11.3 Å². The molecule has 5 rings (SSSR count). The molecule has 0 unspecified atom stereocenters. The van der Waals surface area contributed by atoms with E-state index in [2.05, 4.69) is 34.2 Å². The Morgan fingerprint density at radius 3 is 2.85 bits per heavy atom. The third kappa shape index (κ3) is 5.87. The van der Waals surface area contributed by atoms with E-state index in [-0.39, 0.29) is 49.8 Å². The van der Waals surface area contributed by atoms with Gasteiger partial charge < -0.3 is 9.97 Å². The molecule has 5 aromatic rings. The topological polar surface area (TPSA) is 38.7 Å². The molecule has 0 amide bonds. The van der Waals surface area contributed by atoms with Crippen LogP contribution in [0.1, 0.15) is 33.0 Å². The van der Waals surface area contributed by atoms with Gasteiger partial charge in [0.2, 0.25) is 0 Å².